The second-order valence-corrected chi connectivity index (χ2v) is 9.08. The van der Waals surface area contributed by atoms with Crippen LogP contribution in [-0.4, -0.2) is 18.4 Å². The van der Waals surface area contributed by atoms with E-state index in [0.717, 1.165) is 36.4 Å². The fraction of sp³-hybridized carbons (Fsp3) is 0.250. The van der Waals surface area contributed by atoms with Gasteiger partial charge >= 0.3 is 0 Å². The molecule has 2 N–H and O–H groups in total. The van der Waals surface area contributed by atoms with Crippen LogP contribution in [0.2, 0.25) is 5.02 Å². The number of benzene rings is 2. The van der Waals surface area contributed by atoms with E-state index in [0.29, 0.717) is 5.02 Å². The molecule has 4 rings (SSSR count). The Kier molecular flexibility index (Phi) is 6.59. The number of fused-ring (bicyclic) bond motifs is 1. The molecule has 0 fully saturated rings. The minimum atomic E-state index is -0.415. The maximum Gasteiger partial charge on any atom is 0.226 e. The molecule has 2 heterocycles. The van der Waals surface area contributed by atoms with Crippen LogP contribution in [0, 0.1) is 0 Å². The van der Waals surface area contributed by atoms with Gasteiger partial charge in [0.05, 0.1) is 12.5 Å². The predicted octanol–water partition coefficient (Wildman–Crippen LogP) is 5.17. The van der Waals surface area contributed by atoms with Gasteiger partial charge in [-0.25, -0.2) is 0 Å². The fourth-order valence-corrected chi connectivity index (χ4v) is 4.83. The van der Waals surface area contributed by atoms with Crippen molar-refractivity contribution in [2.75, 3.05) is 16.8 Å². The van der Waals surface area contributed by atoms with Crippen molar-refractivity contribution < 1.29 is 9.59 Å². The zero-order valence-corrected chi connectivity index (χ0v) is 18.8. The number of hydrogen-bond acceptors (Lipinski definition) is 4. The van der Waals surface area contributed by atoms with Gasteiger partial charge in [-0.1, -0.05) is 23.7 Å². The highest BCUT2D eigenvalue weighted by Crippen LogP contribution is 2.28. The standard InChI is InChI=1S/C24H24ClN3O2S/c1-16(29)26-22(17-2-4-19(25)5-3-17)14-24(30)27-20-6-8-21(9-7-20)28-12-10-23-18(15-28)11-13-31-23/h2-9,11,13,22H,10,12,14-15H2,1H3,(H,26,29)(H,27,30). The number of carbonyl (C=O) groups excluding carboxylic acids is 2. The summed E-state index contributed by atoms with van der Waals surface area (Å²) in [6.45, 7) is 3.36. The summed E-state index contributed by atoms with van der Waals surface area (Å²) < 4.78 is 0. The Morgan fingerprint density at radius 1 is 1.10 bits per heavy atom. The molecule has 31 heavy (non-hydrogen) atoms. The second kappa shape index (κ2) is 9.54. The highest BCUT2D eigenvalue weighted by Gasteiger charge is 2.19. The molecule has 0 saturated carbocycles. The van der Waals surface area contributed by atoms with Crippen molar-refractivity contribution in [1.29, 1.82) is 0 Å². The molecule has 0 saturated heterocycles. The molecule has 0 bridgehead atoms. The molecule has 160 valence electrons. The Bertz CT molecular complexity index is 1060. The topological polar surface area (TPSA) is 61.4 Å². The van der Waals surface area contributed by atoms with Gasteiger partial charge in [-0.15, -0.1) is 11.3 Å². The summed E-state index contributed by atoms with van der Waals surface area (Å²) in [5.41, 5.74) is 4.12. The van der Waals surface area contributed by atoms with Crippen molar-refractivity contribution in [2.45, 2.75) is 32.4 Å². The average molecular weight is 454 g/mol. The quantitative estimate of drug-likeness (QED) is 0.541. The molecule has 2 aromatic carbocycles. The number of rotatable bonds is 6. The molecule has 0 radical (unpaired) electrons. The zero-order chi connectivity index (χ0) is 21.8. The Morgan fingerprint density at radius 3 is 2.55 bits per heavy atom. The van der Waals surface area contributed by atoms with Crippen molar-refractivity contribution in [2.24, 2.45) is 0 Å². The number of thiophene rings is 1. The van der Waals surface area contributed by atoms with Gasteiger partial charge in [0, 0.05) is 41.3 Å². The molecular formula is C24H24ClN3O2S. The lowest BCUT2D eigenvalue weighted by molar-refractivity contribution is -0.120. The maximum atomic E-state index is 12.6. The lowest BCUT2D eigenvalue weighted by atomic mass is 10.0. The van der Waals surface area contributed by atoms with E-state index in [2.05, 4.69) is 27.0 Å². The van der Waals surface area contributed by atoms with Gasteiger partial charge in [-0.05, 0) is 65.4 Å². The van der Waals surface area contributed by atoms with E-state index in [4.69, 9.17) is 11.6 Å². The molecule has 5 nitrogen and oxygen atoms in total. The van der Waals surface area contributed by atoms with Gasteiger partial charge in [-0.2, -0.15) is 0 Å². The third-order valence-electron chi connectivity index (χ3n) is 5.36. The van der Waals surface area contributed by atoms with E-state index in [1.807, 2.05) is 47.7 Å². The van der Waals surface area contributed by atoms with Crippen LogP contribution in [0.5, 0.6) is 0 Å². The van der Waals surface area contributed by atoms with Crippen molar-refractivity contribution >= 4 is 46.1 Å². The molecule has 1 aromatic heterocycles. The van der Waals surface area contributed by atoms with E-state index in [-0.39, 0.29) is 18.2 Å². The van der Waals surface area contributed by atoms with Crippen LogP contribution in [0.3, 0.4) is 0 Å². The van der Waals surface area contributed by atoms with Crippen LogP contribution >= 0.6 is 22.9 Å². The average Bonchev–Trinajstić information content (AvgIpc) is 3.22. The monoisotopic (exact) mass is 453 g/mol. The predicted molar refractivity (Wildman–Crippen MR) is 127 cm³/mol. The van der Waals surface area contributed by atoms with E-state index in [9.17, 15) is 9.59 Å². The molecule has 1 aliphatic rings. The van der Waals surface area contributed by atoms with Crippen LogP contribution in [0.4, 0.5) is 11.4 Å². The Labute approximate surface area is 191 Å². The van der Waals surface area contributed by atoms with Gasteiger partial charge in [0.2, 0.25) is 11.8 Å². The summed E-state index contributed by atoms with van der Waals surface area (Å²) in [4.78, 5) is 28.1. The fourth-order valence-electron chi connectivity index (χ4n) is 3.81. The lowest BCUT2D eigenvalue weighted by Crippen LogP contribution is -2.30. The summed E-state index contributed by atoms with van der Waals surface area (Å²) >= 11 is 7.79. The minimum Gasteiger partial charge on any atom is -0.367 e. The minimum absolute atomic E-state index is 0.135. The van der Waals surface area contributed by atoms with Crippen LogP contribution in [-0.2, 0) is 22.6 Å². The van der Waals surface area contributed by atoms with Crippen LogP contribution < -0.4 is 15.5 Å². The smallest absolute Gasteiger partial charge is 0.226 e. The van der Waals surface area contributed by atoms with Gasteiger partial charge in [0.1, 0.15) is 0 Å². The Balaban J connectivity index is 1.38. The first-order valence-corrected chi connectivity index (χ1v) is 11.5. The van der Waals surface area contributed by atoms with Crippen LogP contribution in [0.15, 0.2) is 60.0 Å². The second-order valence-electron chi connectivity index (χ2n) is 7.64. The number of carbonyl (C=O) groups is 2. The van der Waals surface area contributed by atoms with Crippen LogP contribution in [0.25, 0.3) is 0 Å². The van der Waals surface area contributed by atoms with Crippen LogP contribution in [0.1, 0.15) is 35.4 Å². The number of halogens is 1. The number of amides is 2. The lowest BCUT2D eigenvalue weighted by Gasteiger charge is -2.29. The molecule has 1 unspecified atom stereocenters. The third kappa shape index (κ3) is 5.46. The SMILES string of the molecule is CC(=O)NC(CC(=O)Nc1ccc(N2CCc3sccc3C2)cc1)c1ccc(Cl)cc1. The van der Waals surface area contributed by atoms with Gasteiger partial charge in [-0.3, -0.25) is 9.59 Å². The zero-order valence-electron chi connectivity index (χ0n) is 17.2. The number of hydrogen-bond donors (Lipinski definition) is 2. The molecule has 3 aromatic rings. The maximum absolute atomic E-state index is 12.6. The third-order valence-corrected chi connectivity index (χ3v) is 6.64. The Hall–Kier alpha value is -2.83. The molecule has 7 heteroatoms. The molecule has 1 atom stereocenters. The van der Waals surface area contributed by atoms with Crippen molar-refractivity contribution in [3.8, 4) is 0 Å². The van der Waals surface area contributed by atoms with E-state index >= 15 is 0 Å². The highest BCUT2D eigenvalue weighted by atomic mass is 35.5. The van der Waals surface area contributed by atoms with E-state index in [1.54, 1.807) is 12.1 Å². The molecule has 1 aliphatic heterocycles. The van der Waals surface area contributed by atoms with Gasteiger partial charge < -0.3 is 15.5 Å². The van der Waals surface area contributed by atoms with Crippen molar-refractivity contribution in [3.05, 3.63) is 81.0 Å². The van der Waals surface area contributed by atoms with Gasteiger partial charge in [0.25, 0.3) is 0 Å². The van der Waals surface area contributed by atoms with Crippen molar-refractivity contribution in [1.82, 2.24) is 5.32 Å². The van der Waals surface area contributed by atoms with Crippen molar-refractivity contribution in [3.63, 3.8) is 0 Å². The summed E-state index contributed by atoms with van der Waals surface area (Å²) in [5, 5.41) is 8.54. The largest absolute Gasteiger partial charge is 0.367 e. The first-order valence-electron chi connectivity index (χ1n) is 10.2. The Morgan fingerprint density at radius 2 is 1.84 bits per heavy atom. The summed E-state index contributed by atoms with van der Waals surface area (Å²) in [6, 6.07) is 16.9. The van der Waals surface area contributed by atoms with E-state index in [1.165, 1.54) is 17.4 Å². The first-order chi connectivity index (χ1) is 15.0. The number of anilines is 2. The summed E-state index contributed by atoms with van der Waals surface area (Å²) in [7, 11) is 0. The molecular weight excluding hydrogens is 430 g/mol. The molecule has 2 amide bonds. The summed E-state index contributed by atoms with van der Waals surface area (Å²) in [5.74, 6) is -0.352. The molecule has 0 aliphatic carbocycles. The summed E-state index contributed by atoms with van der Waals surface area (Å²) in [6.07, 6.45) is 1.21. The normalized spacial score (nSPS) is 13.9. The van der Waals surface area contributed by atoms with E-state index < -0.39 is 6.04 Å². The molecule has 0 spiro atoms. The number of nitrogens with zero attached hydrogens (tertiary/aromatic N) is 1. The first kappa shape index (κ1) is 21.4. The highest BCUT2D eigenvalue weighted by molar-refractivity contribution is 7.10. The number of nitrogens with one attached hydrogen (secondary N) is 2. The van der Waals surface area contributed by atoms with Gasteiger partial charge in [0.15, 0.2) is 0 Å².